The normalized spacial score (nSPS) is 17.2. The number of hydrogen-bond donors (Lipinski definition) is 1. The van der Waals surface area contributed by atoms with Crippen LogP contribution in [0.2, 0.25) is 5.02 Å². The molecule has 136 valence electrons. The van der Waals surface area contributed by atoms with Crippen molar-refractivity contribution in [2.45, 2.75) is 6.04 Å². The highest BCUT2D eigenvalue weighted by Crippen LogP contribution is 2.40. The van der Waals surface area contributed by atoms with Gasteiger partial charge in [-0.15, -0.1) is 0 Å². The van der Waals surface area contributed by atoms with Crippen molar-refractivity contribution >= 4 is 40.7 Å². The fourth-order valence-electron chi connectivity index (χ4n) is 3.98. The molecule has 1 unspecified atom stereocenters. The van der Waals surface area contributed by atoms with Crippen LogP contribution < -0.4 is 10.6 Å². The Morgan fingerprint density at radius 2 is 1.75 bits per heavy atom. The maximum atomic E-state index is 13.6. The fourth-order valence-corrected chi connectivity index (χ4v) is 4.16. The number of amides is 1. The topological polar surface area (TPSA) is 63.4 Å². The second-order valence-corrected chi connectivity index (χ2v) is 7.34. The Morgan fingerprint density at radius 3 is 2.54 bits per heavy atom. The molecular formula is C23H15ClN2O2. The molecule has 1 heterocycles. The van der Waals surface area contributed by atoms with Gasteiger partial charge in [0.05, 0.1) is 5.56 Å². The lowest BCUT2D eigenvalue weighted by atomic mass is 9.80. The summed E-state index contributed by atoms with van der Waals surface area (Å²) in [5.74, 6) is -0.302. The molecule has 28 heavy (non-hydrogen) atoms. The van der Waals surface area contributed by atoms with E-state index < -0.39 is 6.04 Å². The Morgan fingerprint density at radius 1 is 0.929 bits per heavy atom. The molecule has 0 aromatic heterocycles. The molecule has 1 aliphatic carbocycles. The quantitative estimate of drug-likeness (QED) is 0.642. The third kappa shape index (κ3) is 2.38. The van der Waals surface area contributed by atoms with Crippen LogP contribution in [0.5, 0.6) is 0 Å². The number of Topliss-reactive ketones (excluding diaryl/α,β-unsaturated/α-hetero) is 1. The summed E-state index contributed by atoms with van der Waals surface area (Å²) in [4.78, 5) is 28.4. The Labute approximate surface area is 166 Å². The largest absolute Gasteiger partial charge is 0.399 e. The van der Waals surface area contributed by atoms with Crippen LogP contribution in [-0.2, 0) is 0 Å². The van der Waals surface area contributed by atoms with Crippen LogP contribution in [0.3, 0.4) is 0 Å². The van der Waals surface area contributed by atoms with Gasteiger partial charge in [0.2, 0.25) is 0 Å². The van der Waals surface area contributed by atoms with E-state index in [9.17, 15) is 9.59 Å². The van der Waals surface area contributed by atoms with Crippen LogP contribution in [0.25, 0.3) is 17.2 Å². The van der Waals surface area contributed by atoms with Gasteiger partial charge in [-0.25, -0.2) is 0 Å². The van der Waals surface area contributed by atoms with Crippen molar-refractivity contribution in [1.29, 1.82) is 0 Å². The standard InChI is InChI=1S/C23H15ClN2O2/c24-15-4-2-6-17(12-15)26-19-10-8-13-7-9-18(14-3-1-5-16(25)11-14)21(23(26)28)20(13)22(19)27/h1-12,19H,25H2. The maximum Gasteiger partial charge on any atom is 0.260 e. The zero-order chi connectivity index (χ0) is 19.4. The molecule has 3 aromatic carbocycles. The van der Waals surface area contributed by atoms with Crippen molar-refractivity contribution < 1.29 is 9.59 Å². The second kappa shape index (κ2) is 6.08. The Bertz CT molecular complexity index is 1200. The summed E-state index contributed by atoms with van der Waals surface area (Å²) in [7, 11) is 0. The van der Waals surface area contributed by atoms with E-state index in [1.54, 1.807) is 36.4 Å². The molecule has 0 saturated heterocycles. The van der Waals surface area contributed by atoms with Crippen LogP contribution in [0.1, 0.15) is 26.3 Å². The number of benzene rings is 3. The molecule has 0 spiro atoms. The lowest BCUT2D eigenvalue weighted by Crippen LogP contribution is -2.50. The molecule has 2 bridgehead atoms. The predicted molar refractivity (Wildman–Crippen MR) is 112 cm³/mol. The first-order chi connectivity index (χ1) is 13.5. The fraction of sp³-hybridized carbons (Fsp3) is 0.0435. The van der Waals surface area contributed by atoms with Crippen molar-refractivity contribution in [2.75, 3.05) is 10.6 Å². The minimum Gasteiger partial charge on any atom is -0.399 e. The van der Waals surface area contributed by atoms with E-state index in [0.29, 0.717) is 33.1 Å². The summed E-state index contributed by atoms with van der Waals surface area (Å²) in [6.07, 6.45) is 3.67. The molecule has 2 aliphatic rings. The van der Waals surface area contributed by atoms with Crippen molar-refractivity contribution in [3.05, 3.63) is 88.5 Å². The summed E-state index contributed by atoms with van der Waals surface area (Å²) in [6.45, 7) is 0. The third-order valence-corrected chi connectivity index (χ3v) is 5.44. The average Bonchev–Trinajstić information content (AvgIpc) is 2.68. The van der Waals surface area contributed by atoms with Gasteiger partial charge in [-0.2, -0.15) is 0 Å². The van der Waals surface area contributed by atoms with E-state index in [1.807, 2.05) is 36.4 Å². The number of carbonyl (C=O) groups excluding carboxylic acids is 2. The maximum absolute atomic E-state index is 13.6. The number of rotatable bonds is 2. The van der Waals surface area contributed by atoms with E-state index in [-0.39, 0.29) is 11.7 Å². The first kappa shape index (κ1) is 16.8. The smallest absolute Gasteiger partial charge is 0.260 e. The molecule has 2 N–H and O–H groups in total. The number of carbonyl (C=O) groups is 2. The monoisotopic (exact) mass is 386 g/mol. The molecule has 5 rings (SSSR count). The Hall–Kier alpha value is -3.37. The molecular weight excluding hydrogens is 372 g/mol. The van der Waals surface area contributed by atoms with Gasteiger partial charge in [-0.05, 0) is 47.0 Å². The number of nitrogens with two attached hydrogens (primary N) is 1. The van der Waals surface area contributed by atoms with Gasteiger partial charge in [0.25, 0.3) is 5.91 Å². The van der Waals surface area contributed by atoms with Gasteiger partial charge in [0.1, 0.15) is 6.04 Å². The van der Waals surface area contributed by atoms with Gasteiger partial charge in [0.15, 0.2) is 5.78 Å². The Kier molecular flexibility index (Phi) is 3.64. The van der Waals surface area contributed by atoms with Crippen molar-refractivity contribution in [2.24, 2.45) is 0 Å². The number of anilines is 2. The molecule has 1 aliphatic heterocycles. The molecule has 5 heteroatoms. The number of fused-ring (bicyclic) bond motifs is 1. The van der Waals surface area contributed by atoms with Gasteiger partial charge in [-0.1, -0.05) is 54.1 Å². The van der Waals surface area contributed by atoms with E-state index in [1.165, 1.54) is 4.90 Å². The van der Waals surface area contributed by atoms with E-state index in [4.69, 9.17) is 17.3 Å². The SMILES string of the molecule is Nc1cccc(-c2ccc3c4c2C(=O)N(c2cccc(Cl)c2)C(C=C3)C4=O)c1. The van der Waals surface area contributed by atoms with Crippen LogP contribution in [0, 0.1) is 0 Å². The first-order valence-corrected chi connectivity index (χ1v) is 9.27. The average molecular weight is 387 g/mol. The number of ketones is 1. The van der Waals surface area contributed by atoms with Crippen LogP contribution in [-0.4, -0.2) is 17.7 Å². The van der Waals surface area contributed by atoms with E-state index in [2.05, 4.69) is 0 Å². The third-order valence-electron chi connectivity index (χ3n) is 5.21. The van der Waals surface area contributed by atoms with Gasteiger partial charge in [-0.3, -0.25) is 14.5 Å². The summed E-state index contributed by atoms with van der Waals surface area (Å²) < 4.78 is 0. The number of hydrogen-bond acceptors (Lipinski definition) is 3. The molecule has 1 atom stereocenters. The number of halogens is 1. The molecule has 0 saturated carbocycles. The van der Waals surface area contributed by atoms with Crippen molar-refractivity contribution in [1.82, 2.24) is 0 Å². The van der Waals surface area contributed by atoms with Crippen LogP contribution >= 0.6 is 11.6 Å². The lowest BCUT2D eigenvalue weighted by Gasteiger charge is -2.37. The highest BCUT2D eigenvalue weighted by Gasteiger charge is 2.42. The second-order valence-electron chi connectivity index (χ2n) is 6.90. The van der Waals surface area contributed by atoms with Crippen LogP contribution in [0.15, 0.2) is 66.7 Å². The van der Waals surface area contributed by atoms with Gasteiger partial charge < -0.3 is 5.73 Å². The highest BCUT2D eigenvalue weighted by atomic mass is 35.5. The minimum atomic E-state index is -0.665. The molecule has 4 nitrogen and oxygen atoms in total. The number of nitrogen functional groups attached to an aromatic ring is 1. The van der Waals surface area contributed by atoms with Gasteiger partial charge >= 0.3 is 0 Å². The molecule has 0 fully saturated rings. The van der Waals surface area contributed by atoms with Crippen LogP contribution in [0.4, 0.5) is 11.4 Å². The highest BCUT2D eigenvalue weighted by molar-refractivity contribution is 6.31. The predicted octanol–water partition coefficient (Wildman–Crippen LogP) is 4.83. The molecule has 3 aromatic rings. The zero-order valence-electron chi connectivity index (χ0n) is 14.7. The Balaban J connectivity index is 1.78. The van der Waals surface area contributed by atoms with Gasteiger partial charge in [0, 0.05) is 22.0 Å². The zero-order valence-corrected chi connectivity index (χ0v) is 15.5. The summed E-state index contributed by atoms with van der Waals surface area (Å²) >= 11 is 6.14. The van der Waals surface area contributed by atoms with Crippen molar-refractivity contribution in [3.63, 3.8) is 0 Å². The first-order valence-electron chi connectivity index (χ1n) is 8.89. The lowest BCUT2D eigenvalue weighted by molar-refractivity contribution is 0.0885. The number of nitrogens with zero attached hydrogens (tertiary/aromatic N) is 1. The minimum absolute atomic E-state index is 0.0853. The van der Waals surface area contributed by atoms with E-state index in [0.717, 1.165) is 11.1 Å². The summed E-state index contributed by atoms with van der Waals surface area (Å²) in [6, 6.07) is 17.4. The molecule has 1 amide bonds. The van der Waals surface area contributed by atoms with E-state index >= 15 is 0 Å². The van der Waals surface area contributed by atoms with Crippen molar-refractivity contribution in [3.8, 4) is 11.1 Å². The summed E-state index contributed by atoms with van der Waals surface area (Å²) in [5, 5.41) is 0.508. The molecule has 0 radical (unpaired) electrons. The summed E-state index contributed by atoms with van der Waals surface area (Å²) in [5.41, 5.74) is 10.3.